The van der Waals surface area contributed by atoms with Crippen molar-refractivity contribution in [2.75, 3.05) is 13.7 Å². The third kappa shape index (κ3) is 2.99. The number of rotatable bonds is 3. The minimum absolute atomic E-state index is 0.148. The van der Waals surface area contributed by atoms with Crippen LogP contribution in [0.15, 0.2) is 12.1 Å². The number of methoxy groups -OCH3 is 1. The van der Waals surface area contributed by atoms with Gasteiger partial charge in [-0.3, -0.25) is 9.59 Å². The summed E-state index contributed by atoms with van der Waals surface area (Å²) in [4.78, 5) is 22.2. The molecule has 1 aromatic rings. The van der Waals surface area contributed by atoms with Gasteiger partial charge in [0.15, 0.2) is 0 Å². The van der Waals surface area contributed by atoms with Crippen LogP contribution in [0.1, 0.15) is 15.9 Å². The summed E-state index contributed by atoms with van der Waals surface area (Å²) in [5, 5.41) is 2.07. The fourth-order valence-electron chi connectivity index (χ4n) is 1.18. The van der Waals surface area contributed by atoms with Crippen LogP contribution >= 0.6 is 0 Å². The lowest BCUT2D eigenvalue weighted by molar-refractivity contribution is -0.139. The number of carbonyl (C=O) groups is 2. The van der Waals surface area contributed by atoms with Crippen LogP contribution in [0.5, 0.6) is 0 Å². The Labute approximate surface area is 96.6 Å². The van der Waals surface area contributed by atoms with E-state index in [1.54, 1.807) is 0 Å². The molecule has 92 valence electrons. The fraction of sp³-hybridized carbons (Fsp3) is 0.273. The Morgan fingerprint density at radius 2 is 2.00 bits per heavy atom. The second kappa shape index (κ2) is 5.38. The van der Waals surface area contributed by atoms with Gasteiger partial charge in [-0.2, -0.15) is 0 Å². The Balaban J connectivity index is 2.89. The lowest BCUT2D eigenvalue weighted by Gasteiger charge is -2.07. The van der Waals surface area contributed by atoms with E-state index in [0.29, 0.717) is 0 Å². The van der Waals surface area contributed by atoms with Gasteiger partial charge in [-0.1, -0.05) is 6.07 Å². The highest BCUT2D eigenvalue weighted by Gasteiger charge is 2.19. The largest absolute Gasteiger partial charge is 0.468 e. The number of hydrogen-bond donors (Lipinski definition) is 1. The van der Waals surface area contributed by atoms with Gasteiger partial charge in [-0.05, 0) is 18.6 Å². The highest BCUT2D eigenvalue weighted by molar-refractivity contribution is 5.96. The van der Waals surface area contributed by atoms with Crippen molar-refractivity contribution in [3.8, 4) is 0 Å². The molecule has 1 rings (SSSR count). The van der Waals surface area contributed by atoms with Crippen molar-refractivity contribution in [3.05, 3.63) is 34.9 Å². The molecule has 6 heteroatoms. The maximum Gasteiger partial charge on any atom is 0.325 e. The molecule has 0 aliphatic carbocycles. The van der Waals surface area contributed by atoms with E-state index in [1.165, 1.54) is 13.0 Å². The second-order valence-electron chi connectivity index (χ2n) is 3.31. The van der Waals surface area contributed by atoms with Crippen LogP contribution in [0.3, 0.4) is 0 Å². The van der Waals surface area contributed by atoms with E-state index >= 15 is 0 Å². The lowest BCUT2D eigenvalue weighted by Crippen LogP contribution is -2.31. The molecule has 0 atom stereocenters. The molecule has 0 aliphatic rings. The van der Waals surface area contributed by atoms with E-state index in [1.807, 2.05) is 0 Å². The average Bonchev–Trinajstić information content (AvgIpc) is 2.31. The molecule has 0 aliphatic heterocycles. The van der Waals surface area contributed by atoms with Gasteiger partial charge in [0.05, 0.1) is 7.11 Å². The zero-order valence-corrected chi connectivity index (χ0v) is 9.34. The van der Waals surface area contributed by atoms with Crippen LogP contribution in [0.4, 0.5) is 8.78 Å². The van der Waals surface area contributed by atoms with Gasteiger partial charge in [0, 0.05) is 0 Å². The fourth-order valence-corrected chi connectivity index (χ4v) is 1.18. The summed E-state index contributed by atoms with van der Waals surface area (Å²) in [5.74, 6) is -3.61. The first-order valence-electron chi connectivity index (χ1n) is 4.77. The molecule has 0 unspecified atom stereocenters. The molecule has 0 bridgehead atoms. The molecule has 0 saturated heterocycles. The van der Waals surface area contributed by atoms with E-state index < -0.39 is 35.6 Å². The number of nitrogens with one attached hydrogen (secondary N) is 1. The number of ether oxygens (including phenoxy) is 1. The topological polar surface area (TPSA) is 55.4 Å². The maximum atomic E-state index is 13.5. The highest BCUT2D eigenvalue weighted by Crippen LogP contribution is 2.15. The average molecular weight is 243 g/mol. The maximum absolute atomic E-state index is 13.5. The summed E-state index contributed by atoms with van der Waals surface area (Å²) in [6.45, 7) is 0.966. The van der Waals surface area contributed by atoms with E-state index in [0.717, 1.165) is 13.2 Å². The summed E-state index contributed by atoms with van der Waals surface area (Å²) in [5.41, 5.74) is -0.552. The molecule has 1 amide bonds. The normalized spacial score (nSPS) is 9.88. The van der Waals surface area contributed by atoms with Crippen molar-refractivity contribution in [2.24, 2.45) is 0 Å². The predicted molar refractivity (Wildman–Crippen MR) is 55.4 cm³/mol. The van der Waals surface area contributed by atoms with Crippen molar-refractivity contribution in [3.63, 3.8) is 0 Å². The Morgan fingerprint density at radius 3 is 2.59 bits per heavy atom. The predicted octanol–water partition coefficient (Wildman–Crippen LogP) is 1.18. The van der Waals surface area contributed by atoms with Gasteiger partial charge in [0.2, 0.25) is 0 Å². The Morgan fingerprint density at radius 1 is 1.35 bits per heavy atom. The molecule has 0 fully saturated rings. The van der Waals surface area contributed by atoms with Crippen LogP contribution in [0.2, 0.25) is 0 Å². The monoisotopic (exact) mass is 243 g/mol. The molecular weight excluding hydrogens is 232 g/mol. The second-order valence-corrected chi connectivity index (χ2v) is 3.31. The standard InChI is InChI=1S/C11H11F2NO3/c1-6-3-4-7(12)9(10(6)13)11(16)14-5-8(15)17-2/h3-4H,5H2,1-2H3,(H,14,16). The smallest absolute Gasteiger partial charge is 0.325 e. The van der Waals surface area contributed by atoms with Gasteiger partial charge < -0.3 is 10.1 Å². The number of aryl methyl sites for hydroxylation is 1. The molecule has 1 aromatic carbocycles. The number of benzene rings is 1. The molecule has 0 spiro atoms. The number of amides is 1. The summed E-state index contributed by atoms with van der Waals surface area (Å²) in [6.07, 6.45) is 0. The van der Waals surface area contributed by atoms with Crippen LogP contribution in [-0.4, -0.2) is 25.5 Å². The van der Waals surface area contributed by atoms with Crippen molar-refractivity contribution in [1.82, 2.24) is 5.32 Å². The first-order valence-corrected chi connectivity index (χ1v) is 4.77. The SMILES string of the molecule is COC(=O)CNC(=O)c1c(F)ccc(C)c1F. The molecular formula is C11H11F2NO3. The third-order valence-corrected chi connectivity index (χ3v) is 2.13. The van der Waals surface area contributed by atoms with Crippen molar-refractivity contribution in [2.45, 2.75) is 6.92 Å². The zero-order valence-electron chi connectivity index (χ0n) is 9.34. The summed E-state index contributed by atoms with van der Waals surface area (Å²) in [7, 11) is 1.14. The molecule has 17 heavy (non-hydrogen) atoms. The van der Waals surface area contributed by atoms with Crippen LogP contribution < -0.4 is 5.32 Å². The number of hydrogen-bond acceptors (Lipinski definition) is 3. The first-order chi connectivity index (χ1) is 7.97. The van der Waals surface area contributed by atoms with Gasteiger partial charge in [-0.15, -0.1) is 0 Å². The minimum Gasteiger partial charge on any atom is -0.468 e. The number of halogens is 2. The van der Waals surface area contributed by atoms with E-state index in [9.17, 15) is 18.4 Å². The molecule has 0 heterocycles. The quantitative estimate of drug-likeness (QED) is 0.811. The van der Waals surface area contributed by atoms with Gasteiger partial charge in [0.25, 0.3) is 5.91 Å². The summed E-state index contributed by atoms with van der Waals surface area (Å²) >= 11 is 0. The van der Waals surface area contributed by atoms with Crippen molar-refractivity contribution >= 4 is 11.9 Å². The van der Waals surface area contributed by atoms with E-state index in [4.69, 9.17) is 0 Å². The summed E-state index contributed by atoms with van der Waals surface area (Å²) < 4.78 is 31.1. The van der Waals surface area contributed by atoms with Crippen LogP contribution in [0, 0.1) is 18.6 Å². The van der Waals surface area contributed by atoms with Gasteiger partial charge in [0.1, 0.15) is 23.7 Å². The first kappa shape index (κ1) is 13.1. The van der Waals surface area contributed by atoms with Gasteiger partial charge in [-0.25, -0.2) is 8.78 Å². The molecule has 0 radical (unpaired) electrons. The molecule has 0 saturated carbocycles. The highest BCUT2D eigenvalue weighted by atomic mass is 19.1. The lowest BCUT2D eigenvalue weighted by atomic mass is 10.1. The van der Waals surface area contributed by atoms with Crippen molar-refractivity contribution < 1.29 is 23.1 Å². The number of esters is 1. The third-order valence-electron chi connectivity index (χ3n) is 2.13. The van der Waals surface area contributed by atoms with Crippen LogP contribution in [0.25, 0.3) is 0 Å². The minimum atomic E-state index is -0.992. The van der Waals surface area contributed by atoms with Crippen molar-refractivity contribution in [1.29, 1.82) is 0 Å². The number of carbonyl (C=O) groups excluding carboxylic acids is 2. The van der Waals surface area contributed by atoms with E-state index in [2.05, 4.69) is 10.1 Å². The Bertz CT molecular complexity index is 460. The molecule has 1 N–H and O–H groups in total. The van der Waals surface area contributed by atoms with E-state index in [-0.39, 0.29) is 5.56 Å². The zero-order chi connectivity index (χ0) is 13.0. The van der Waals surface area contributed by atoms with Crippen LogP contribution in [-0.2, 0) is 9.53 Å². The Kier molecular flexibility index (Phi) is 4.14. The molecule has 0 aromatic heterocycles. The Hall–Kier alpha value is -1.98. The molecule has 4 nitrogen and oxygen atoms in total. The summed E-state index contributed by atoms with van der Waals surface area (Å²) in [6, 6.07) is 2.22. The van der Waals surface area contributed by atoms with Gasteiger partial charge >= 0.3 is 5.97 Å².